The molecule has 4 bridgehead atoms. The first kappa shape index (κ1) is 30.0. The van der Waals surface area contributed by atoms with Crippen molar-refractivity contribution in [1.29, 1.82) is 0 Å². The van der Waals surface area contributed by atoms with Crippen LogP contribution in [0.5, 0.6) is 0 Å². The van der Waals surface area contributed by atoms with Gasteiger partial charge in [-0.2, -0.15) is 0 Å². The van der Waals surface area contributed by atoms with Crippen molar-refractivity contribution < 1.29 is 57.6 Å². The predicted octanol–water partition coefficient (Wildman–Crippen LogP) is 4.08. The Balaban J connectivity index is 0.939. The van der Waals surface area contributed by atoms with E-state index in [1.165, 1.54) is 0 Å². The number of fused-ring (bicyclic) bond motifs is 4. The van der Waals surface area contributed by atoms with Crippen LogP contribution in [0.3, 0.4) is 0 Å². The normalized spacial score (nSPS) is 56.8. The fraction of sp³-hybridized carbons (Fsp3) is 0.938. The maximum atomic E-state index is 13.7. The van der Waals surface area contributed by atoms with Crippen LogP contribution in [0.15, 0.2) is 0 Å². The van der Waals surface area contributed by atoms with Gasteiger partial charge < -0.3 is 28.4 Å². The number of carbonyl (C=O) groups excluding carboxylic acids is 2. The van der Waals surface area contributed by atoms with Gasteiger partial charge in [0, 0.05) is 24.7 Å². The number of hydrogen-bond donors (Lipinski definition) is 0. The van der Waals surface area contributed by atoms with Crippen molar-refractivity contribution in [3.05, 3.63) is 0 Å². The average molecular weight is 623 g/mol. The van der Waals surface area contributed by atoms with Crippen LogP contribution in [0, 0.1) is 35.5 Å². The lowest BCUT2D eigenvalue weighted by Crippen LogP contribution is -2.62. The highest BCUT2D eigenvalue weighted by molar-refractivity contribution is 5.81. The van der Waals surface area contributed by atoms with Crippen molar-refractivity contribution in [1.82, 2.24) is 0 Å². The van der Waals surface area contributed by atoms with Gasteiger partial charge in [-0.25, -0.2) is 29.1 Å². The van der Waals surface area contributed by atoms with E-state index in [0.717, 1.165) is 25.7 Å². The number of rotatable bonds is 5. The van der Waals surface area contributed by atoms with Crippen LogP contribution in [0.2, 0.25) is 0 Å². The summed E-state index contributed by atoms with van der Waals surface area (Å²) in [6.45, 7) is 11.4. The van der Waals surface area contributed by atoms with Crippen LogP contribution in [0.1, 0.15) is 92.9 Å². The second-order valence-electron chi connectivity index (χ2n) is 15.4. The summed E-state index contributed by atoms with van der Waals surface area (Å²) in [5.74, 6) is -2.53. The molecule has 246 valence electrons. The molecule has 8 heterocycles. The van der Waals surface area contributed by atoms with E-state index < -0.39 is 58.5 Å². The maximum Gasteiger partial charge on any atom is 0.338 e. The van der Waals surface area contributed by atoms with Crippen LogP contribution in [0.25, 0.3) is 0 Å². The van der Waals surface area contributed by atoms with Crippen LogP contribution in [-0.4, -0.2) is 71.7 Å². The summed E-state index contributed by atoms with van der Waals surface area (Å²) in [5, 5.41) is 0. The third kappa shape index (κ3) is 3.80. The van der Waals surface area contributed by atoms with Crippen LogP contribution in [0.4, 0.5) is 0 Å². The van der Waals surface area contributed by atoms with Crippen molar-refractivity contribution in [2.45, 2.75) is 139 Å². The van der Waals surface area contributed by atoms with Crippen LogP contribution in [-0.2, 0) is 57.6 Å². The van der Waals surface area contributed by atoms with Crippen LogP contribution < -0.4 is 0 Å². The summed E-state index contributed by atoms with van der Waals surface area (Å²) in [4.78, 5) is 51.3. The molecular weight excluding hydrogens is 576 g/mol. The highest BCUT2D eigenvalue weighted by Crippen LogP contribution is 2.65. The zero-order chi connectivity index (χ0) is 30.9. The van der Waals surface area contributed by atoms with Crippen LogP contribution >= 0.6 is 0 Å². The van der Waals surface area contributed by atoms with E-state index in [-0.39, 0.29) is 36.9 Å². The molecule has 0 aromatic carbocycles. The number of hydrogen-bond acceptors (Lipinski definition) is 12. The van der Waals surface area contributed by atoms with Gasteiger partial charge in [-0.3, -0.25) is 0 Å². The van der Waals surface area contributed by atoms with Gasteiger partial charge in [-0.05, 0) is 89.9 Å². The highest BCUT2D eigenvalue weighted by Gasteiger charge is 2.77. The Kier molecular flexibility index (Phi) is 6.54. The maximum absolute atomic E-state index is 13.7. The lowest BCUT2D eigenvalue weighted by atomic mass is 9.60. The average Bonchev–Trinajstić information content (AvgIpc) is 3.11. The lowest BCUT2D eigenvalue weighted by Gasteiger charge is -2.50. The second-order valence-corrected chi connectivity index (χ2v) is 15.4. The minimum atomic E-state index is -1.30. The molecule has 0 aromatic rings. The molecule has 12 heteroatoms. The van der Waals surface area contributed by atoms with Gasteiger partial charge in [0.15, 0.2) is 35.0 Å². The molecule has 10 fully saturated rings. The first-order valence-electron chi connectivity index (χ1n) is 16.6. The fourth-order valence-electron chi connectivity index (χ4n) is 10.4. The molecule has 14 atom stereocenters. The topological polar surface area (TPSA) is 126 Å². The van der Waals surface area contributed by atoms with Crippen molar-refractivity contribution in [2.75, 3.05) is 13.2 Å². The summed E-state index contributed by atoms with van der Waals surface area (Å²) < 4.78 is 36.8. The second kappa shape index (κ2) is 9.59. The molecule has 0 radical (unpaired) electrons. The van der Waals surface area contributed by atoms with E-state index in [1.807, 2.05) is 13.8 Å². The minimum Gasteiger partial charge on any atom is -0.460 e. The Bertz CT molecular complexity index is 1140. The van der Waals surface area contributed by atoms with E-state index in [4.69, 9.17) is 48.0 Å². The van der Waals surface area contributed by atoms with E-state index in [2.05, 4.69) is 13.8 Å². The van der Waals surface area contributed by atoms with Gasteiger partial charge in [-0.1, -0.05) is 13.8 Å². The first-order valence-corrected chi connectivity index (χ1v) is 16.6. The monoisotopic (exact) mass is 622 g/mol. The molecule has 12 nitrogen and oxygen atoms in total. The number of esters is 2. The van der Waals surface area contributed by atoms with Gasteiger partial charge in [0.05, 0.1) is 0 Å². The molecule has 8 saturated heterocycles. The Morgan fingerprint density at radius 3 is 1.41 bits per heavy atom. The van der Waals surface area contributed by atoms with Gasteiger partial charge >= 0.3 is 11.9 Å². The Labute approximate surface area is 257 Å². The standard InChI is InChI=1S/C32H46O12/c1-17-7-9-21-29(5,39-25-31(21)19(17)11-13-27(3,37-25)41-43-31)23(33)35-15-16-36-24(34)30(6)22-10-8-18(2)20-12-14-28(4)38-26(40-30)32(20,22)44-42-28/h17-22,25-26H,7-16H2,1-6H3/t17-,18-,19+,20+,21+,22+,25+,26+,27-,28-,29+,30+,31-,32-/m1/s1. The lowest BCUT2D eigenvalue weighted by molar-refractivity contribution is -0.541. The SMILES string of the molecule is C[C@@H]1CC[C@@H]2[C@]34OO[C@](C)(CC[C@@H]13)O[C@H]4O[C@]2(C)C(=O)OCCOC(=O)[C@@]1(C)O[C@@H]2O[C@@]3(C)CC[C@H]4[C@H](C)CC[C@@H]1[C@@]24OO3. The molecule has 0 unspecified atom stereocenters. The Morgan fingerprint density at radius 1 is 0.591 bits per heavy atom. The van der Waals surface area contributed by atoms with Gasteiger partial charge in [0.2, 0.25) is 11.6 Å². The Hall–Kier alpha value is -1.38. The molecule has 0 amide bonds. The highest BCUT2D eigenvalue weighted by atomic mass is 17.3. The predicted molar refractivity (Wildman–Crippen MR) is 146 cm³/mol. The molecule has 0 N–H and O–H groups in total. The third-order valence-corrected chi connectivity index (χ3v) is 12.8. The summed E-state index contributed by atoms with van der Waals surface area (Å²) in [7, 11) is 0. The first-order chi connectivity index (χ1) is 20.8. The molecule has 44 heavy (non-hydrogen) atoms. The molecule has 8 aliphatic heterocycles. The van der Waals surface area contributed by atoms with Gasteiger partial charge in [-0.15, -0.1) is 0 Å². The molecule has 10 rings (SSSR count). The summed E-state index contributed by atoms with van der Waals surface area (Å²) >= 11 is 0. The molecular formula is C32H46O12. The smallest absolute Gasteiger partial charge is 0.338 e. The fourth-order valence-corrected chi connectivity index (χ4v) is 10.4. The molecule has 2 spiro atoms. The van der Waals surface area contributed by atoms with Crippen molar-refractivity contribution in [3.63, 3.8) is 0 Å². The number of ether oxygens (including phenoxy) is 6. The summed E-state index contributed by atoms with van der Waals surface area (Å²) in [6, 6.07) is 0. The molecule has 2 saturated carbocycles. The zero-order valence-corrected chi connectivity index (χ0v) is 26.6. The zero-order valence-electron chi connectivity index (χ0n) is 26.6. The molecule has 2 aliphatic carbocycles. The van der Waals surface area contributed by atoms with Crippen molar-refractivity contribution in [2.24, 2.45) is 35.5 Å². The molecule has 0 aromatic heterocycles. The molecule has 10 aliphatic rings. The van der Waals surface area contributed by atoms with E-state index in [0.29, 0.717) is 37.5 Å². The third-order valence-electron chi connectivity index (χ3n) is 12.8. The quantitative estimate of drug-likeness (QED) is 0.249. The van der Waals surface area contributed by atoms with E-state index in [9.17, 15) is 9.59 Å². The summed E-state index contributed by atoms with van der Waals surface area (Å²) in [5.41, 5.74) is -4.36. The number of carbonyl (C=O) groups is 2. The summed E-state index contributed by atoms with van der Waals surface area (Å²) in [6.07, 6.45) is 4.93. The van der Waals surface area contributed by atoms with Gasteiger partial charge in [0.1, 0.15) is 13.2 Å². The van der Waals surface area contributed by atoms with Crippen molar-refractivity contribution in [3.8, 4) is 0 Å². The Morgan fingerprint density at radius 2 is 1.00 bits per heavy atom. The van der Waals surface area contributed by atoms with Crippen molar-refractivity contribution >= 4 is 11.9 Å². The van der Waals surface area contributed by atoms with E-state index in [1.54, 1.807) is 13.8 Å². The largest absolute Gasteiger partial charge is 0.460 e. The van der Waals surface area contributed by atoms with E-state index >= 15 is 0 Å². The minimum absolute atomic E-state index is 0.129. The van der Waals surface area contributed by atoms with Gasteiger partial charge in [0.25, 0.3) is 0 Å².